The minimum Gasteiger partial charge on any atom is -0.460 e. The van der Waals surface area contributed by atoms with E-state index in [4.69, 9.17) is 4.74 Å². The number of carbonyl (C=O) groups is 1. The van der Waals surface area contributed by atoms with Gasteiger partial charge in [-0.2, -0.15) is 0 Å². The van der Waals surface area contributed by atoms with E-state index in [2.05, 4.69) is 0 Å². The lowest BCUT2D eigenvalue weighted by molar-refractivity contribution is -0.155. The molecule has 0 atom stereocenters. The Bertz CT molecular complexity index is 239. The van der Waals surface area contributed by atoms with Crippen molar-refractivity contribution in [2.75, 3.05) is 0 Å². The highest BCUT2D eigenvalue weighted by molar-refractivity contribution is 7.95. The smallest absolute Gasteiger partial charge is 0.307 e. The first-order valence-corrected chi connectivity index (χ1v) is 6.69. The molecule has 4 heteroatoms. The first-order valence-electron chi connectivity index (χ1n) is 5.91. The molecule has 0 aromatic heterocycles. The normalized spacial score (nSPS) is 20.5. The van der Waals surface area contributed by atoms with Crippen LogP contribution in [0.1, 0.15) is 59.3 Å². The predicted octanol–water partition coefficient (Wildman–Crippen LogP) is 3.63. The molecule has 1 aliphatic rings. The van der Waals surface area contributed by atoms with Crippen LogP contribution in [0.4, 0.5) is 0 Å². The topological polar surface area (TPSA) is 46.5 Å². The van der Waals surface area contributed by atoms with Crippen LogP contribution in [-0.2, 0) is 9.53 Å². The summed E-state index contributed by atoms with van der Waals surface area (Å²) in [5, 5.41) is 0. The maximum atomic E-state index is 11.7. The molecule has 1 saturated carbocycles. The quantitative estimate of drug-likeness (QED) is 0.610. The number of ether oxygens (including phenoxy) is 1. The lowest BCUT2D eigenvalue weighted by Gasteiger charge is -2.34. The molecule has 94 valence electrons. The summed E-state index contributed by atoms with van der Waals surface area (Å²) in [5.74, 6) is -0.198. The van der Waals surface area contributed by atoms with Gasteiger partial charge in [0.2, 0.25) is 0 Å². The number of hydrogen-bond acceptors (Lipinski definition) is 4. The van der Waals surface area contributed by atoms with Crippen molar-refractivity contribution in [1.82, 2.24) is 0 Å². The highest BCUT2D eigenvalue weighted by Gasteiger charge is 2.36. The van der Waals surface area contributed by atoms with E-state index < -0.39 is 5.60 Å². The van der Waals surface area contributed by atoms with Gasteiger partial charge in [-0.1, -0.05) is 19.3 Å². The van der Waals surface area contributed by atoms with Gasteiger partial charge in [0.05, 0.1) is 11.2 Å². The van der Waals surface area contributed by atoms with Crippen LogP contribution in [0, 0.1) is 0 Å². The minimum atomic E-state index is -0.437. The summed E-state index contributed by atoms with van der Waals surface area (Å²) in [6.45, 7) is 5.60. The molecule has 0 aliphatic heterocycles. The molecule has 1 aliphatic carbocycles. The largest absolute Gasteiger partial charge is 0.460 e. The van der Waals surface area contributed by atoms with Crippen molar-refractivity contribution in [1.29, 1.82) is 0 Å². The SMILES string of the molecule is CC(C)(C)OC(=O)CC1(SO)CCCCC1. The van der Waals surface area contributed by atoms with Gasteiger partial charge in [0, 0.05) is 0 Å². The van der Waals surface area contributed by atoms with Crippen LogP contribution in [0.15, 0.2) is 0 Å². The first-order chi connectivity index (χ1) is 7.37. The summed E-state index contributed by atoms with van der Waals surface area (Å²) in [6.07, 6.45) is 5.54. The zero-order chi connectivity index (χ0) is 12.2. The van der Waals surface area contributed by atoms with E-state index in [0.29, 0.717) is 6.42 Å². The minimum absolute atomic E-state index is 0.198. The molecule has 0 spiro atoms. The van der Waals surface area contributed by atoms with Gasteiger partial charge in [-0.25, -0.2) is 0 Å². The molecule has 1 N–H and O–H groups in total. The number of rotatable bonds is 3. The molecule has 3 nitrogen and oxygen atoms in total. The second kappa shape index (κ2) is 5.41. The molecule has 0 heterocycles. The van der Waals surface area contributed by atoms with Gasteiger partial charge in [-0.05, 0) is 45.7 Å². The summed E-state index contributed by atoms with van der Waals surface area (Å²) in [7, 11) is 0. The molecule has 0 aromatic carbocycles. The van der Waals surface area contributed by atoms with E-state index in [9.17, 15) is 9.35 Å². The number of esters is 1. The second-order valence-corrected chi connectivity index (χ2v) is 6.65. The van der Waals surface area contributed by atoms with Crippen molar-refractivity contribution in [3.8, 4) is 0 Å². The van der Waals surface area contributed by atoms with Crippen molar-refractivity contribution in [2.24, 2.45) is 0 Å². The lowest BCUT2D eigenvalue weighted by atomic mass is 9.86. The van der Waals surface area contributed by atoms with Crippen molar-refractivity contribution < 1.29 is 14.1 Å². The van der Waals surface area contributed by atoms with Crippen molar-refractivity contribution in [3.05, 3.63) is 0 Å². The van der Waals surface area contributed by atoms with Gasteiger partial charge >= 0.3 is 5.97 Å². The van der Waals surface area contributed by atoms with Gasteiger partial charge in [0.1, 0.15) is 5.60 Å². The van der Waals surface area contributed by atoms with Crippen LogP contribution in [0.2, 0.25) is 0 Å². The summed E-state index contributed by atoms with van der Waals surface area (Å²) >= 11 is 0.847. The monoisotopic (exact) mass is 246 g/mol. The van der Waals surface area contributed by atoms with Crippen LogP contribution < -0.4 is 0 Å². The fourth-order valence-electron chi connectivity index (χ4n) is 2.14. The molecule has 0 radical (unpaired) electrons. The standard InChI is InChI=1S/C12H22O3S/c1-11(2,3)15-10(13)9-12(16-14)7-5-4-6-8-12/h14H,4-9H2,1-3H3. The highest BCUT2D eigenvalue weighted by atomic mass is 32.2. The molecule has 0 amide bonds. The molecular formula is C12H22O3S. The Morgan fingerprint density at radius 3 is 2.31 bits per heavy atom. The third kappa shape index (κ3) is 4.34. The van der Waals surface area contributed by atoms with E-state index in [1.165, 1.54) is 6.42 Å². The average Bonchev–Trinajstić information content (AvgIpc) is 2.16. The maximum absolute atomic E-state index is 11.7. The van der Waals surface area contributed by atoms with E-state index in [1.807, 2.05) is 20.8 Å². The van der Waals surface area contributed by atoms with Crippen LogP contribution in [0.25, 0.3) is 0 Å². The zero-order valence-electron chi connectivity index (χ0n) is 10.4. The van der Waals surface area contributed by atoms with E-state index in [1.54, 1.807) is 0 Å². The lowest BCUT2D eigenvalue weighted by Crippen LogP contribution is -2.34. The summed E-state index contributed by atoms with van der Waals surface area (Å²) < 4.78 is 14.4. The van der Waals surface area contributed by atoms with E-state index >= 15 is 0 Å². The van der Waals surface area contributed by atoms with Crippen molar-refractivity contribution in [2.45, 2.75) is 69.6 Å². The molecule has 1 rings (SSSR count). The summed E-state index contributed by atoms with van der Waals surface area (Å²) in [4.78, 5) is 11.7. The Kier molecular flexibility index (Phi) is 4.68. The van der Waals surface area contributed by atoms with Crippen LogP contribution >= 0.6 is 12.0 Å². The maximum Gasteiger partial charge on any atom is 0.307 e. The van der Waals surface area contributed by atoms with E-state index in [-0.39, 0.29) is 10.7 Å². The van der Waals surface area contributed by atoms with E-state index in [0.717, 1.165) is 37.7 Å². The molecule has 0 unspecified atom stereocenters. The van der Waals surface area contributed by atoms with Gasteiger partial charge in [0.25, 0.3) is 0 Å². The Balaban J connectivity index is 2.52. The first kappa shape index (κ1) is 13.8. The zero-order valence-corrected chi connectivity index (χ0v) is 11.2. The fraction of sp³-hybridized carbons (Fsp3) is 0.917. The third-order valence-corrected chi connectivity index (χ3v) is 3.78. The average molecular weight is 246 g/mol. The van der Waals surface area contributed by atoms with Gasteiger partial charge in [0.15, 0.2) is 0 Å². The van der Waals surface area contributed by atoms with Gasteiger partial charge in [-0.3, -0.25) is 4.79 Å². The summed E-state index contributed by atoms with van der Waals surface area (Å²) in [6, 6.07) is 0. The molecule has 16 heavy (non-hydrogen) atoms. The number of carbonyl (C=O) groups excluding carboxylic acids is 1. The van der Waals surface area contributed by atoms with Crippen molar-refractivity contribution in [3.63, 3.8) is 0 Å². The molecule has 0 bridgehead atoms. The van der Waals surface area contributed by atoms with Crippen LogP contribution in [-0.4, -0.2) is 20.9 Å². The third-order valence-electron chi connectivity index (χ3n) is 2.84. The van der Waals surface area contributed by atoms with Crippen LogP contribution in [0.3, 0.4) is 0 Å². The van der Waals surface area contributed by atoms with Gasteiger partial charge in [-0.15, -0.1) is 0 Å². The molecule has 0 saturated heterocycles. The summed E-state index contributed by atoms with van der Waals surface area (Å²) in [5.41, 5.74) is -0.437. The Hall–Kier alpha value is -0.220. The van der Waals surface area contributed by atoms with Crippen molar-refractivity contribution >= 4 is 18.0 Å². The Labute approximate surface area is 102 Å². The predicted molar refractivity (Wildman–Crippen MR) is 66.5 cm³/mol. The molecule has 1 fully saturated rings. The Morgan fingerprint density at radius 1 is 1.31 bits per heavy atom. The number of hydrogen-bond donors (Lipinski definition) is 1. The highest BCUT2D eigenvalue weighted by Crippen LogP contribution is 2.41. The van der Waals surface area contributed by atoms with Crippen LogP contribution in [0.5, 0.6) is 0 Å². The fourth-order valence-corrected chi connectivity index (χ4v) is 2.79. The molecule has 0 aromatic rings. The Morgan fingerprint density at radius 2 is 1.88 bits per heavy atom. The molecular weight excluding hydrogens is 224 g/mol. The second-order valence-electron chi connectivity index (χ2n) is 5.60. The van der Waals surface area contributed by atoms with Gasteiger partial charge < -0.3 is 9.29 Å².